The van der Waals surface area contributed by atoms with Gasteiger partial charge in [0.2, 0.25) is 0 Å². The van der Waals surface area contributed by atoms with E-state index < -0.39 is 0 Å². The predicted molar refractivity (Wildman–Crippen MR) is 71.8 cm³/mol. The van der Waals surface area contributed by atoms with Gasteiger partial charge in [0.05, 0.1) is 19.3 Å². The lowest BCUT2D eigenvalue weighted by Crippen LogP contribution is -2.50. The van der Waals surface area contributed by atoms with E-state index in [-0.39, 0.29) is 18.0 Å². The van der Waals surface area contributed by atoms with E-state index in [4.69, 9.17) is 0 Å². The molecular formula is C12H18N6O3. The van der Waals surface area contributed by atoms with Crippen LogP contribution < -0.4 is 5.32 Å². The fourth-order valence-corrected chi connectivity index (χ4v) is 2.40. The molecule has 9 heteroatoms. The summed E-state index contributed by atoms with van der Waals surface area (Å²) in [4.78, 5) is 27.0. The van der Waals surface area contributed by atoms with Crippen molar-refractivity contribution >= 4 is 12.0 Å². The third kappa shape index (κ3) is 2.68. The van der Waals surface area contributed by atoms with Crippen molar-refractivity contribution in [2.45, 2.75) is 6.04 Å². The first-order chi connectivity index (χ1) is 10.2. The Bertz CT molecular complexity index is 533. The Morgan fingerprint density at radius 3 is 2.48 bits per heavy atom. The zero-order valence-corrected chi connectivity index (χ0v) is 11.9. The average Bonchev–Trinajstić information content (AvgIpc) is 2.93. The number of methoxy groups -OCH3 is 1. The molecule has 2 amide bonds. The van der Waals surface area contributed by atoms with Gasteiger partial charge in [-0.1, -0.05) is 5.21 Å². The lowest BCUT2D eigenvalue weighted by atomic mass is 10.2. The first-order valence-corrected chi connectivity index (χ1v) is 6.94. The molecule has 114 valence electrons. The van der Waals surface area contributed by atoms with Gasteiger partial charge in [-0.15, -0.1) is 5.10 Å². The molecule has 1 aromatic heterocycles. The van der Waals surface area contributed by atoms with Gasteiger partial charge < -0.3 is 19.9 Å². The highest BCUT2D eigenvalue weighted by Gasteiger charge is 2.28. The summed E-state index contributed by atoms with van der Waals surface area (Å²) in [5.41, 5.74) is 0.355. The molecule has 0 saturated carbocycles. The number of carbonyl (C=O) groups is 2. The molecule has 2 fully saturated rings. The van der Waals surface area contributed by atoms with Gasteiger partial charge in [0.1, 0.15) is 0 Å². The topological polar surface area (TPSA) is 92.6 Å². The zero-order chi connectivity index (χ0) is 14.8. The van der Waals surface area contributed by atoms with Gasteiger partial charge in [0, 0.05) is 39.3 Å². The Morgan fingerprint density at radius 1 is 1.24 bits per heavy atom. The molecule has 0 unspecified atom stereocenters. The van der Waals surface area contributed by atoms with Crippen LogP contribution in [0, 0.1) is 0 Å². The molecule has 2 aliphatic heterocycles. The highest BCUT2D eigenvalue weighted by Crippen LogP contribution is 2.12. The molecule has 2 aliphatic rings. The molecule has 0 bridgehead atoms. The summed E-state index contributed by atoms with van der Waals surface area (Å²) in [5, 5.41) is 11.1. The summed E-state index contributed by atoms with van der Waals surface area (Å²) < 4.78 is 6.40. The fourth-order valence-electron chi connectivity index (χ4n) is 2.40. The van der Waals surface area contributed by atoms with E-state index in [1.54, 1.807) is 20.7 Å². The first kappa shape index (κ1) is 13.8. The second-order valence-electron chi connectivity index (χ2n) is 5.15. The van der Waals surface area contributed by atoms with Crippen LogP contribution in [0.3, 0.4) is 0 Å². The molecule has 21 heavy (non-hydrogen) atoms. The van der Waals surface area contributed by atoms with Crippen molar-refractivity contribution in [1.82, 2.24) is 30.1 Å². The molecule has 0 spiro atoms. The van der Waals surface area contributed by atoms with Crippen LogP contribution in [0.1, 0.15) is 16.5 Å². The van der Waals surface area contributed by atoms with Crippen LogP contribution in [0.5, 0.6) is 0 Å². The Hall–Kier alpha value is -2.16. The van der Waals surface area contributed by atoms with Gasteiger partial charge in [-0.2, -0.15) is 0 Å². The SMILES string of the molecule is COC(=O)N1CCN(C(=O)c2cn(C3CNC3)nn2)CC1. The van der Waals surface area contributed by atoms with Crippen LogP contribution in [0.4, 0.5) is 4.79 Å². The molecule has 2 saturated heterocycles. The highest BCUT2D eigenvalue weighted by atomic mass is 16.5. The minimum Gasteiger partial charge on any atom is -0.453 e. The molecule has 1 N–H and O–H groups in total. The molecular weight excluding hydrogens is 276 g/mol. The van der Waals surface area contributed by atoms with E-state index in [0.717, 1.165) is 13.1 Å². The molecule has 3 heterocycles. The third-order valence-electron chi connectivity index (χ3n) is 3.86. The summed E-state index contributed by atoms with van der Waals surface area (Å²) >= 11 is 0. The van der Waals surface area contributed by atoms with Gasteiger partial charge >= 0.3 is 6.09 Å². The second-order valence-corrected chi connectivity index (χ2v) is 5.15. The Kier molecular flexibility index (Phi) is 3.74. The standard InChI is InChI=1S/C12H18N6O3/c1-21-12(20)17-4-2-16(3-5-17)11(19)10-8-18(15-14-10)9-6-13-7-9/h8-9,13H,2-7H2,1H3. The van der Waals surface area contributed by atoms with Crippen molar-refractivity contribution < 1.29 is 14.3 Å². The van der Waals surface area contributed by atoms with Crippen LogP contribution >= 0.6 is 0 Å². The van der Waals surface area contributed by atoms with Gasteiger partial charge in [0.25, 0.3) is 5.91 Å². The molecule has 3 rings (SSSR count). The van der Waals surface area contributed by atoms with Crippen molar-refractivity contribution in [2.24, 2.45) is 0 Å². The number of hydrogen-bond acceptors (Lipinski definition) is 6. The third-order valence-corrected chi connectivity index (χ3v) is 3.86. The highest BCUT2D eigenvalue weighted by molar-refractivity contribution is 5.92. The average molecular weight is 294 g/mol. The number of carbonyl (C=O) groups excluding carboxylic acids is 2. The summed E-state index contributed by atoms with van der Waals surface area (Å²) in [5.74, 6) is -0.141. The monoisotopic (exact) mass is 294 g/mol. The van der Waals surface area contributed by atoms with Crippen molar-refractivity contribution in [3.05, 3.63) is 11.9 Å². The van der Waals surface area contributed by atoms with Crippen LogP contribution in [0.2, 0.25) is 0 Å². The van der Waals surface area contributed by atoms with Gasteiger partial charge in [-0.25, -0.2) is 9.48 Å². The number of nitrogens with one attached hydrogen (secondary N) is 1. The van der Waals surface area contributed by atoms with E-state index in [9.17, 15) is 9.59 Å². The largest absolute Gasteiger partial charge is 0.453 e. The van der Waals surface area contributed by atoms with E-state index in [1.165, 1.54) is 7.11 Å². The van der Waals surface area contributed by atoms with E-state index in [0.29, 0.717) is 31.9 Å². The minimum atomic E-state index is -0.356. The fraction of sp³-hybridized carbons (Fsp3) is 0.667. The number of hydrogen-bond donors (Lipinski definition) is 1. The molecule has 1 aromatic rings. The normalized spacial score (nSPS) is 19.3. The van der Waals surface area contributed by atoms with Crippen molar-refractivity contribution in [3.8, 4) is 0 Å². The lowest BCUT2D eigenvalue weighted by Gasteiger charge is -2.33. The number of piperazine rings is 1. The first-order valence-electron chi connectivity index (χ1n) is 6.94. The summed E-state index contributed by atoms with van der Waals surface area (Å²) in [6, 6.07) is 0.287. The molecule has 9 nitrogen and oxygen atoms in total. The molecule has 0 atom stereocenters. The van der Waals surface area contributed by atoms with Gasteiger partial charge in [-0.05, 0) is 0 Å². The smallest absolute Gasteiger partial charge is 0.409 e. The van der Waals surface area contributed by atoms with E-state index in [2.05, 4.69) is 20.4 Å². The quantitative estimate of drug-likeness (QED) is 0.748. The van der Waals surface area contributed by atoms with Gasteiger partial charge in [-0.3, -0.25) is 4.79 Å². The Balaban J connectivity index is 1.58. The van der Waals surface area contributed by atoms with Crippen LogP contribution in [-0.4, -0.2) is 83.2 Å². The number of rotatable bonds is 2. The number of amides is 2. The maximum atomic E-state index is 12.3. The van der Waals surface area contributed by atoms with Crippen molar-refractivity contribution in [2.75, 3.05) is 46.4 Å². The number of ether oxygens (including phenoxy) is 1. The van der Waals surface area contributed by atoms with E-state index in [1.807, 2.05) is 0 Å². The summed E-state index contributed by atoms with van der Waals surface area (Å²) in [6.07, 6.45) is 1.34. The molecule has 0 aliphatic carbocycles. The summed E-state index contributed by atoms with van der Waals surface area (Å²) in [7, 11) is 1.35. The Labute approximate surface area is 121 Å². The zero-order valence-electron chi connectivity index (χ0n) is 11.9. The Morgan fingerprint density at radius 2 is 1.90 bits per heavy atom. The van der Waals surface area contributed by atoms with Crippen molar-refractivity contribution in [3.63, 3.8) is 0 Å². The maximum absolute atomic E-state index is 12.3. The molecule has 0 aromatic carbocycles. The number of aromatic nitrogens is 3. The predicted octanol–water partition coefficient (Wildman–Crippen LogP) is -1.05. The van der Waals surface area contributed by atoms with Crippen LogP contribution in [-0.2, 0) is 4.74 Å². The lowest BCUT2D eigenvalue weighted by molar-refractivity contribution is 0.0594. The second kappa shape index (κ2) is 5.68. The number of nitrogens with zero attached hydrogens (tertiary/aromatic N) is 5. The van der Waals surface area contributed by atoms with Gasteiger partial charge in [0.15, 0.2) is 5.69 Å². The van der Waals surface area contributed by atoms with Crippen LogP contribution in [0.25, 0.3) is 0 Å². The minimum absolute atomic E-state index is 0.141. The maximum Gasteiger partial charge on any atom is 0.409 e. The van der Waals surface area contributed by atoms with E-state index >= 15 is 0 Å². The molecule has 0 radical (unpaired) electrons. The summed E-state index contributed by atoms with van der Waals surface area (Å²) in [6.45, 7) is 3.61. The van der Waals surface area contributed by atoms with Crippen LogP contribution in [0.15, 0.2) is 6.20 Å². The van der Waals surface area contributed by atoms with Crippen molar-refractivity contribution in [1.29, 1.82) is 0 Å².